The van der Waals surface area contributed by atoms with Crippen molar-refractivity contribution >= 4 is 27.7 Å². The van der Waals surface area contributed by atoms with Crippen LogP contribution in [0.25, 0.3) is 0 Å². The van der Waals surface area contributed by atoms with Gasteiger partial charge in [0, 0.05) is 16.2 Å². The fourth-order valence-corrected chi connectivity index (χ4v) is 2.17. The second-order valence-corrected chi connectivity index (χ2v) is 5.52. The molecular formula is C16H16BrN3O4. The summed E-state index contributed by atoms with van der Waals surface area (Å²) >= 11 is 3.23. The number of hydrogen-bond acceptors (Lipinski definition) is 4. The molecule has 1 aromatic heterocycles. The number of rotatable bonds is 6. The van der Waals surface area contributed by atoms with Crippen molar-refractivity contribution in [2.45, 2.75) is 0 Å². The third kappa shape index (κ3) is 4.39. The Kier molecular flexibility index (Phi) is 6.02. The van der Waals surface area contributed by atoms with Gasteiger partial charge >= 0.3 is 0 Å². The monoisotopic (exact) mass is 393 g/mol. The second kappa shape index (κ2) is 8.21. The molecule has 0 aliphatic rings. The van der Waals surface area contributed by atoms with E-state index in [2.05, 4.69) is 38.3 Å². The van der Waals surface area contributed by atoms with Crippen LogP contribution in [0.2, 0.25) is 0 Å². The lowest BCUT2D eigenvalue weighted by Gasteiger charge is -2.11. The number of carbonyl (C=O) groups excluding carboxylic acids is 2. The van der Waals surface area contributed by atoms with E-state index in [9.17, 15) is 9.59 Å². The number of ether oxygens (including phenoxy) is 2. The van der Waals surface area contributed by atoms with Crippen molar-refractivity contribution in [1.29, 1.82) is 0 Å². The summed E-state index contributed by atoms with van der Waals surface area (Å²) in [6.45, 7) is 3.89. The molecule has 1 aromatic carbocycles. The van der Waals surface area contributed by atoms with Crippen LogP contribution in [0.15, 0.2) is 47.6 Å². The van der Waals surface area contributed by atoms with Gasteiger partial charge in [-0.3, -0.25) is 20.4 Å². The first-order valence-electron chi connectivity index (χ1n) is 6.91. The summed E-state index contributed by atoms with van der Waals surface area (Å²) in [6.07, 6.45) is 3.22. The van der Waals surface area contributed by atoms with Gasteiger partial charge in [-0.25, -0.2) is 0 Å². The quantitative estimate of drug-likeness (QED) is 0.518. The number of hydrogen-bond donors (Lipinski definition) is 3. The van der Waals surface area contributed by atoms with Gasteiger partial charge in [0.25, 0.3) is 11.8 Å². The number of methoxy groups -OCH3 is 1. The largest absolute Gasteiger partial charge is 0.493 e. The zero-order valence-corrected chi connectivity index (χ0v) is 14.5. The number of H-pyrrole nitrogens is 1. The maximum atomic E-state index is 12.1. The number of aromatic amines is 1. The first-order valence-corrected chi connectivity index (χ1v) is 7.70. The minimum absolute atomic E-state index is 0.311. The maximum Gasteiger partial charge on any atom is 0.286 e. The van der Waals surface area contributed by atoms with Crippen molar-refractivity contribution in [3.05, 3.63) is 58.8 Å². The van der Waals surface area contributed by atoms with Crippen molar-refractivity contribution in [2.24, 2.45) is 0 Å². The number of benzene rings is 1. The summed E-state index contributed by atoms with van der Waals surface area (Å²) in [6, 6.07) is 6.29. The van der Waals surface area contributed by atoms with Crippen LogP contribution in [0.1, 0.15) is 20.8 Å². The SMILES string of the molecule is C=CCOc1ccc(C(=O)NNC(=O)c2cc(Br)c[nH]2)cc1OC. The number of amides is 2. The molecule has 0 aliphatic heterocycles. The molecule has 0 fully saturated rings. The summed E-state index contributed by atoms with van der Waals surface area (Å²) in [5.74, 6) is -0.0483. The van der Waals surface area contributed by atoms with E-state index in [4.69, 9.17) is 9.47 Å². The van der Waals surface area contributed by atoms with Crippen LogP contribution in [0.5, 0.6) is 11.5 Å². The Morgan fingerprint density at radius 2 is 2.00 bits per heavy atom. The van der Waals surface area contributed by atoms with Crippen molar-refractivity contribution < 1.29 is 19.1 Å². The molecule has 0 spiro atoms. The number of hydrazine groups is 1. The van der Waals surface area contributed by atoms with Gasteiger partial charge in [-0.05, 0) is 40.2 Å². The summed E-state index contributed by atoms with van der Waals surface area (Å²) in [5, 5.41) is 0. The minimum Gasteiger partial charge on any atom is -0.493 e. The number of aromatic nitrogens is 1. The highest BCUT2D eigenvalue weighted by molar-refractivity contribution is 9.10. The zero-order valence-electron chi connectivity index (χ0n) is 12.9. The molecule has 3 N–H and O–H groups in total. The molecule has 0 saturated carbocycles. The Bertz CT molecular complexity index is 758. The molecule has 126 valence electrons. The van der Waals surface area contributed by atoms with Crippen molar-refractivity contribution in [2.75, 3.05) is 13.7 Å². The van der Waals surface area contributed by atoms with E-state index in [0.717, 1.165) is 4.47 Å². The molecule has 7 nitrogen and oxygen atoms in total. The van der Waals surface area contributed by atoms with Gasteiger partial charge in [0.05, 0.1) is 7.11 Å². The van der Waals surface area contributed by atoms with Crippen molar-refractivity contribution in [3.63, 3.8) is 0 Å². The molecular weight excluding hydrogens is 378 g/mol. The third-order valence-electron chi connectivity index (χ3n) is 2.96. The molecule has 2 rings (SSSR count). The van der Waals surface area contributed by atoms with Crippen LogP contribution >= 0.6 is 15.9 Å². The highest BCUT2D eigenvalue weighted by Gasteiger charge is 2.13. The van der Waals surface area contributed by atoms with E-state index < -0.39 is 11.8 Å². The second-order valence-electron chi connectivity index (χ2n) is 4.61. The third-order valence-corrected chi connectivity index (χ3v) is 3.42. The van der Waals surface area contributed by atoms with Gasteiger partial charge in [-0.2, -0.15) is 0 Å². The van der Waals surface area contributed by atoms with Crippen molar-refractivity contribution in [3.8, 4) is 11.5 Å². The molecule has 2 aromatic rings. The Hall–Kier alpha value is -2.74. The Labute approximate surface area is 147 Å². The molecule has 24 heavy (non-hydrogen) atoms. The van der Waals surface area contributed by atoms with Crippen LogP contribution in [0.4, 0.5) is 0 Å². The van der Waals surface area contributed by atoms with E-state index >= 15 is 0 Å². The topological polar surface area (TPSA) is 92.5 Å². The van der Waals surface area contributed by atoms with E-state index in [1.807, 2.05) is 0 Å². The normalized spacial score (nSPS) is 9.92. The van der Waals surface area contributed by atoms with E-state index in [1.165, 1.54) is 13.2 Å². The van der Waals surface area contributed by atoms with E-state index in [0.29, 0.717) is 29.4 Å². The number of halogens is 1. The van der Waals surface area contributed by atoms with Crippen LogP contribution in [0, 0.1) is 0 Å². The van der Waals surface area contributed by atoms with Crippen LogP contribution in [0.3, 0.4) is 0 Å². The predicted octanol–water partition coefficient (Wildman–Crippen LogP) is 2.43. The average Bonchev–Trinajstić information content (AvgIpc) is 3.03. The molecule has 0 unspecified atom stereocenters. The molecule has 0 bridgehead atoms. The van der Waals surface area contributed by atoms with Gasteiger partial charge < -0.3 is 14.5 Å². The summed E-state index contributed by atoms with van der Waals surface area (Å²) in [5.41, 5.74) is 5.28. The van der Waals surface area contributed by atoms with Crippen LogP contribution < -0.4 is 20.3 Å². The van der Waals surface area contributed by atoms with Gasteiger partial charge in [0.1, 0.15) is 12.3 Å². The molecule has 0 aliphatic carbocycles. The predicted molar refractivity (Wildman–Crippen MR) is 92.1 cm³/mol. The van der Waals surface area contributed by atoms with Gasteiger partial charge in [-0.1, -0.05) is 12.7 Å². The maximum absolute atomic E-state index is 12.1. The van der Waals surface area contributed by atoms with Crippen LogP contribution in [-0.4, -0.2) is 30.5 Å². The first kappa shape index (κ1) is 17.6. The molecule has 1 heterocycles. The Morgan fingerprint density at radius 1 is 1.25 bits per heavy atom. The highest BCUT2D eigenvalue weighted by Crippen LogP contribution is 2.28. The molecule has 0 radical (unpaired) electrons. The Balaban J connectivity index is 2.01. The lowest BCUT2D eigenvalue weighted by molar-refractivity contribution is 0.0844. The average molecular weight is 394 g/mol. The fraction of sp³-hybridized carbons (Fsp3) is 0.125. The lowest BCUT2D eigenvalue weighted by atomic mass is 10.2. The molecule has 0 saturated heterocycles. The van der Waals surface area contributed by atoms with Gasteiger partial charge in [0.15, 0.2) is 11.5 Å². The van der Waals surface area contributed by atoms with Gasteiger partial charge in [-0.15, -0.1) is 0 Å². The highest BCUT2D eigenvalue weighted by atomic mass is 79.9. The number of carbonyl (C=O) groups is 2. The molecule has 2 amide bonds. The van der Waals surface area contributed by atoms with Gasteiger partial charge in [0.2, 0.25) is 0 Å². The number of nitrogens with one attached hydrogen (secondary N) is 3. The fourth-order valence-electron chi connectivity index (χ4n) is 1.83. The minimum atomic E-state index is -0.484. The summed E-state index contributed by atoms with van der Waals surface area (Å²) < 4.78 is 11.3. The standard InChI is InChI=1S/C16H16BrN3O4/c1-3-6-24-13-5-4-10(7-14(13)23-2)15(21)19-20-16(22)12-8-11(17)9-18-12/h3-5,7-9,18H,1,6H2,2H3,(H,19,21)(H,20,22). The van der Waals surface area contributed by atoms with Crippen LogP contribution in [-0.2, 0) is 0 Å². The summed E-state index contributed by atoms with van der Waals surface area (Å²) in [4.78, 5) is 26.7. The van der Waals surface area contributed by atoms with E-state index in [-0.39, 0.29) is 0 Å². The molecule has 0 atom stereocenters. The summed E-state index contributed by atoms with van der Waals surface area (Å²) in [7, 11) is 1.47. The smallest absolute Gasteiger partial charge is 0.286 e. The zero-order chi connectivity index (χ0) is 17.5. The first-order chi connectivity index (χ1) is 11.5. The Morgan fingerprint density at radius 3 is 2.62 bits per heavy atom. The lowest BCUT2D eigenvalue weighted by Crippen LogP contribution is -2.41. The van der Waals surface area contributed by atoms with E-state index in [1.54, 1.807) is 30.5 Å². The van der Waals surface area contributed by atoms with Crippen molar-refractivity contribution in [1.82, 2.24) is 15.8 Å². The molecule has 8 heteroatoms.